The Kier molecular flexibility index (Phi) is 8.65. The maximum Gasteiger partial charge on any atom is 0.320 e. The van der Waals surface area contributed by atoms with Crippen LogP contribution in [-0.2, 0) is 11.2 Å². The molecule has 0 unspecified atom stereocenters. The largest absolute Gasteiger partial charge is 0.480 e. The topological polar surface area (TPSA) is 105 Å². The second kappa shape index (κ2) is 10.2. The van der Waals surface area contributed by atoms with E-state index in [2.05, 4.69) is 21.9 Å². The van der Waals surface area contributed by atoms with Crippen LogP contribution in [0.25, 0.3) is 0 Å². The number of aromatic nitrogens is 1. The van der Waals surface area contributed by atoms with Crippen molar-refractivity contribution in [2.45, 2.75) is 12.5 Å². The van der Waals surface area contributed by atoms with Crippen LogP contribution in [-0.4, -0.2) is 34.4 Å². The fraction of sp³-hybridized carbons (Fsp3) is 0.188. The van der Waals surface area contributed by atoms with Crippen LogP contribution >= 0.6 is 34.8 Å². The predicted octanol–water partition coefficient (Wildman–Crippen LogP) is 3.45. The van der Waals surface area contributed by atoms with Crippen LogP contribution in [0.3, 0.4) is 0 Å². The number of nitrogens with one attached hydrogen (secondary N) is 1. The molecule has 2 rings (SSSR count). The lowest BCUT2D eigenvalue weighted by Gasteiger charge is -2.10. The Labute approximate surface area is 159 Å². The molecule has 2 aromatic rings. The molecule has 0 radical (unpaired) electrons. The van der Waals surface area contributed by atoms with E-state index in [-0.39, 0.29) is 22.0 Å². The maximum absolute atomic E-state index is 12.2. The molecule has 0 saturated heterocycles. The fourth-order valence-electron chi connectivity index (χ4n) is 1.89. The number of hydrogen-bond acceptors (Lipinski definition) is 4. The summed E-state index contributed by atoms with van der Waals surface area (Å²) in [6.07, 6.45) is 4.34. The van der Waals surface area contributed by atoms with Gasteiger partial charge in [-0.15, -0.1) is 11.6 Å². The molecule has 1 atom stereocenters. The number of aliphatic carboxylic acids is 1. The standard InChI is InChI=1S/C15H13Cl2N3O3.CH3Cl/c16-10-6-19-7-11(17)13(10)14(21)20-9-3-1-8(2-4-9)5-12(18)15(22)23;1-2/h1-4,6-7,12H,5,18H2,(H,20,21)(H,22,23);1H3/t12-;/m0./s1. The summed E-state index contributed by atoms with van der Waals surface area (Å²) in [5.41, 5.74) is 6.88. The van der Waals surface area contributed by atoms with Gasteiger partial charge in [-0.2, -0.15) is 0 Å². The maximum atomic E-state index is 12.2. The molecular formula is C16H16Cl3N3O3. The van der Waals surface area contributed by atoms with Crippen molar-refractivity contribution in [1.29, 1.82) is 0 Å². The van der Waals surface area contributed by atoms with E-state index >= 15 is 0 Å². The molecule has 6 nitrogen and oxygen atoms in total. The number of halogens is 3. The lowest BCUT2D eigenvalue weighted by atomic mass is 10.1. The molecule has 1 heterocycles. The van der Waals surface area contributed by atoms with Crippen molar-refractivity contribution in [3.63, 3.8) is 0 Å². The number of alkyl halides is 1. The van der Waals surface area contributed by atoms with Crippen molar-refractivity contribution in [2.75, 3.05) is 11.7 Å². The summed E-state index contributed by atoms with van der Waals surface area (Å²) >= 11 is 16.5. The van der Waals surface area contributed by atoms with Gasteiger partial charge in [0.25, 0.3) is 5.91 Å². The minimum Gasteiger partial charge on any atom is -0.480 e. The van der Waals surface area contributed by atoms with E-state index in [4.69, 9.17) is 34.0 Å². The first-order chi connectivity index (χ1) is 11.9. The highest BCUT2D eigenvalue weighted by molar-refractivity contribution is 6.40. The lowest BCUT2D eigenvalue weighted by Crippen LogP contribution is -2.32. The number of benzene rings is 1. The third kappa shape index (κ3) is 6.17. The van der Waals surface area contributed by atoms with Gasteiger partial charge in [0.1, 0.15) is 6.04 Å². The third-order valence-electron chi connectivity index (χ3n) is 3.07. The van der Waals surface area contributed by atoms with Gasteiger partial charge in [-0.25, -0.2) is 0 Å². The van der Waals surface area contributed by atoms with E-state index in [0.717, 1.165) is 5.56 Å². The molecule has 1 aromatic carbocycles. The molecular weight excluding hydrogens is 389 g/mol. The van der Waals surface area contributed by atoms with Gasteiger partial charge in [0.2, 0.25) is 0 Å². The zero-order valence-electron chi connectivity index (χ0n) is 13.2. The summed E-state index contributed by atoms with van der Waals surface area (Å²) in [5.74, 6) is -1.53. The zero-order valence-corrected chi connectivity index (χ0v) is 15.4. The van der Waals surface area contributed by atoms with Gasteiger partial charge in [-0.05, 0) is 24.1 Å². The molecule has 4 N–H and O–H groups in total. The van der Waals surface area contributed by atoms with Gasteiger partial charge >= 0.3 is 5.97 Å². The summed E-state index contributed by atoms with van der Waals surface area (Å²) in [5, 5.41) is 11.7. The molecule has 1 aromatic heterocycles. The van der Waals surface area contributed by atoms with Crippen molar-refractivity contribution in [1.82, 2.24) is 4.98 Å². The summed E-state index contributed by atoms with van der Waals surface area (Å²) in [6.45, 7) is 0. The van der Waals surface area contributed by atoms with Crippen molar-refractivity contribution in [2.24, 2.45) is 5.73 Å². The van der Waals surface area contributed by atoms with Crippen LogP contribution in [0.1, 0.15) is 15.9 Å². The fourth-order valence-corrected chi connectivity index (χ4v) is 2.42. The number of amides is 1. The van der Waals surface area contributed by atoms with E-state index in [1.54, 1.807) is 24.3 Å². The Balaban J connectivity index is 0.00000151. The summed E-state index contributed by atoms with van der Waals surface area (Å²) in [4.78, 5) is 26.7. The van der Waals surface area contributed by atoms with Crippen LogP contribution < -0.4 is 11.1 Å². The van der Waals surface area contributed by atoms with Gasteiger partial charge in [-0.1, -0.05) is 35.3 Å². The second-order valence-electron chi connectivity index (χ2n) is 4.78. The van der Waals surface area contributed by atoms with Crippen LogP contribution in [0.15, 0.2) is 36.7 Å². The Morgan fingerprint density at radius 3 is 2.16 bits per heavy atom. The number of carbonyl (C=O) groups is 2. The molecule has 134 valence electrons. The minimum absolute atomic E-state index is 0.139. The normalized spacial score (nSPS) is 11.1. The van der Waals surface area contributed by atoms with Crippen LogP contribution in [0, 0.1) is 0 Å². The van der Waals surface area contributed by atoms with Gasteiger partial charge < -0.3 is 16.2 Å². The number of anilines is 1. The molecule has 9 heteroatoms. The Hall–Kier alpha value is -1.86. The second-order valence-corrected chi connectivity index (χ2v) is 5.59. The molecule has 0 aliphatic heterocycles. The van der Waals surface area contributed by atoms with Gasteiger partial charge in [0.05, 0.1) is 15.6 Å². The SMILES string of the molecule is CCl.N[C@@H](Cc1ccc(NC(=O)c2c(Cl)cncc2Cl)cc1)C(=O)O. The van der Waals surface area contributed by atoms with Crippen LogP contribution in [0.5, 0.6) is 0 Å². The first-order valence-electron chi connectivity index (χ1n) is 6.94. The first kappa shape index (κ1) is 21.2. The molecule has 0 saturated carbocycles. The molecule has 0 bridgehead atoms. The van der Waals surface area contributed by atoms with E-state index in [1.165, 1.54) is 18.8 Å². The predicted molar refractivity (Wildman–Crippen MR) is 99.7 cm³/mol. The highest BCUT2D eigenvalue weighted by Gasteiger charge is 2.16. The molecule has 0 aliphatic carbocycles. The number of carboxylic acid groups (broad SMARTS) is 1. The van der Waals surface area contributed by atoms with E-state index in [0.29, 0.717) is 5.69 Å². The Morgan fingerprint density at radius 2 is 1.68 bits per heavy atom. The highest BCUT2D eigenvalue weighted by atomic mass is 35.5. The molecule has 25 heavy (non-hydrogen) atoms. The van der Waals surface area contributed by atoms with E-state index < -0.39 is 17.9 Å². The third-order valence-corrected chi connectivity index (χ3v) is 3.64. The number of pyridine rings is 1. The van der Waals surface area contributed by atoms with E-state index in [1.807, 2.05) is 0 Å². The monoisotopic (exact) mass is 403 g/mol. The number of rotatable bonds is 5. The van der Waals surface area contributed by atoms with Crippen molar-refractivity contribution in [3.05, 3.63) is 57.8 Å². The summed E-state index contributed by atoms with van der Waals surface area (Å²) < 4.78 is 0. The number of hydrogen-bond donors (Lipinski definition) is 3. The van der Waals surface area contributed by atoms with Gasteiger partial charge in [0.15, 0.2) is 0 Å². The number of nitrogens with two attached hydrogens (primary N) is 1. The quantitative estimate of drug-likeness (QED) is 0.662. The summed E-state index contributed by atoms with van der Waals surface area (Å²) in [6, 6.07) is 5.70. The average molecular weight is 405 g/mol. The average Bonchev–Trinajstić information content (AvgIpc) is 2.58. The lowest BCUT2D eigenvalue weighted by molar-refractivity contribution is -0.138. The molecule has 0 spiro atoms. The first-order valence-corrected chi connectivity index (χ1v) is 8.45. The van der Waals surface area contributed by atoms with Crippen molar-refractivity contribution >= 4 is 52.4 Å². The van der Waals surface area contributed by atoms with Crippen molar-refractivity contribution < 1.29 is 14.7 Å². The molecule has 0 fully saturated rings. The van der Waals surface area contributed by atoms with Crippen molar-refractivity contribution in [3.8, 4) is 0 Å². The number of carboxylic acids is 1. The summed E-state index contributed by atoms with van der Waals surface area (Å²) in [7, 11) is 0. The van der Waals surface area contributed by atoms with Gasteiger partial charge in [0, 0.05) is 24.5 Å². The minimum atomic E-state index is -1.07. The van der Waals surface area contributed by atoms with Gasteiger partial charge in [-0.3, -0.25) is 14.6 Å². The highest BCUT2D eigenvalue weighted by Crippen LogP contribution is 2.24. The number of nitrogens with zero attached hydrogens (tertiary/aromatic N) is 1. The Morgan fingerprint density at radius 1 is 1.16 bits per heavy atom. The van der Waals surface area contributed by atoms with Crippen LogP contribution in [0.2, 0.25) is 10.0 Å². The Bertz CT molecular complexity index is 719. The molecule has 1 amide bonds. The van der Waals surface area contributed by atoms with Crippen LogP contribution in [0.4, 0.5) is 5.69 Å². The molecule has 0 aliphatic rings. The van der Waals surface area contributed by atoms with E-state index in [9.17, 15) is 9.59 Å². The zero-order chi connectivity index (χ0) is 19.0. The number of carbonyl (C=O) groups excluding carboxylic acids is 1. The smallest absolute Gasteiger partial charge is 0.320 e.